The van der Waals surface area contributed by atoms with Crippen LogP contribution < -0.4 is 5.32 Å². The van der Waals surface area contributed by atoms with Crippen LogP contribution in [-0.4, -0.2) is 29.3 Å². The number of nitrogens with one attached hydrogen (secondary N) is 1. The fraction of sp³-hybridized carbons (Fsp3) is 0.500. The lowest BCUT2D eigenvalue weighted by atomic mass is 10.1. The van der Waals surface area contributed by atoms with Gasteiger partial charge in [0.2, 0.25) is 11.8 Å². The Morgan fingerprint density at radius 1 is 1.19 bits per heavy atom. The summed E-state index contributed by atoms with van der Waals surface area (Å²) in [7, 11) is 0. The van der Waals surface area contributed by atoms with E-state index in [2.05, 4.69) is 5.32 Å². The Balaban J connectivity index is 2.74. The molecule has 0 saturated carbocycles. The highest BCUT2D eigenvalue weighted by Crippen LogP contribution is 2.13. The Hall–Kier alpha value is -1.55. The molecule has 21 heavy (non-hydrogen) atoms. The van der Waals surface area contributed by atoms with Crippen LogP contribution >= 0.6 is 11.6 Å². The van der Waals surface area contributed by atoms with Gasteiger partial charge in [0.05, 0.1) is 0 Å². The van der Waals surface area contributed by atoms with E-state index >= 15 is 0 Å². The first-order valence-electron chi connectivity index (χ1n) is 7.10. The molecule has 0 spiro atoms. The standard InChI is InChI=1S/C16H23ClN2O2/c1-11(2)9-18-16(21)12(3)19(13(4)20)10-14-5-7-15(17)8-6-14/h5-8,11-12H,9-10H2,1-4H3,(H,18,21)/t12-/m0/s1. The average molecular weight is 311 g/mol. The van der Waals surface area contributed by atoms with Gasteiger partial charge in [0.25, 0.3) is 0 Å². The molecule has 0 radical (unpaired) electrons. The van der Waals surface area contributed by atoms with Gasteiger partial charge in [0.1, 0.15) is 6.04 Å². The van der Waals surface area contributed by atoms with Gasteiger partial charge in [-0.25, -0.2) is 0 Å². The molecule has 1 atom stereocenters. The summed E-state index contributed by atoms with van der Waals surface area (Å²) in [4.78, 5) is 25.5. The molecule has 0 aliphatic rings. The molecule has 0 unspecified atom stereocenters. The Kier molecular flexibility index (Phi) is 6.69. The summed E-state index contributed by atoms with van der Waals surface area (Å²) in [5, 5.41) is 3.51. The van der Waals surface area contributed by atoms with Gasteiger partial charge in [-0.1, -0.05) is 37.6 Å². The molecule has 5 heteroatoms. The fourth-order valence-electron chi connectivity index (χ4n) is 1.90. The molecule has 1 rings (SSSR count). The maximum Gasteiger partial charge on any atom is 0.242 e. The van der Waals surface area contributed by atoms with E-state index in [4.69, 9.17) is 11.6 Å². The molecular weight excluding hydrogens is 288 g/mol. The lowest BCUT2D eigenvalue weighted by Crippen LogP contribution is -2.47. The minimum atomic E-state index is -0.503. The largest absolute Gasteiger partial charge is 0.354 e. The minimum Gasteiger partial charge on any atom is -0.354 e. The normalized spacial score (nSPS) is 12.1. The van der Waals surface area contributed by atoms with Gasteiger partial charge in [-0.05, 0) is 30.5 Å². The van der Waals surface area contributed by atoms with E-state index in [-0.39, 0.29) is 11.8 Å². The van der Waals surface area contributed by atoms with Crippen LogP contribution in [0, 0.1) is 5.92 Å². The van der Waals surface area contributed by atoms with Crippen LogP contribution in [0.3, 0.4) is 0 Å². The predicted octanol–water partition coefficient (Wildman–Crippen LogP) is 2.85. The molecule has 0 aromatic heterocycles. The number of carbonyl (C=O) groups excluding carboxylic acids is 2. The molecule has 116 valence electrons. The number of benzene rings is 1. The van der Waals surface area contributed by atoms with Crippen molar-refractivity contribution in [2.45, 2.75) is 40.3 Å². The lowest BCUT2D eigenvalue weighted by molar-refractivity contribution is -0.139. The highest BCUT2D eigenvalue weighted by molar-refractivity contribution is 6.30. The van der Waals surface area contributed by atoms with Crippen LogP contribution in [0.1, 0.15) is 33.3 Å². The molecule has 1 aromatic carbocycles. The number of hydrogen-bond acceptors (Lipinski definition) is 2. The van der Waals surface area contributed by atoms with Gasteiger partial charge in [-0.15, -0.1) is 0 Å². The molecule has 0 heterocycles. The third-order valence-electron chi connectivity index (χ3n) is 3.20. The SMILES string of the molecule is CC(=O)N(Cc1ccc(Cl)cc1)[C@@H](C)C(=O)NCC(C)C. The summed E-state index contributed by atoms with van der Waals surface area (Å²) >= 11 is 5.85. The van der Waals surface area contributed by atoms with E-state index in [1.807, 2.05) is 26.0 Å². The average Bonchev–Trinajstić information content (AvgIpc) is 2.43. The molecule has 0 aliphatic carbocycles. The summed E-state index contributed by atoms with van der Waals surface area (Å²) in [6.07, 6.45) is 0. The Labute approximate surface area is 131 Å². The smallest absolute Gasteiger partial charge is 0.242 e. The van der Waals surface area contributed by atoms with E-state index < -0.39 is 6.04 Å². The third-order valence-corrected chi connectivity index (χ3v) is 3.45. The van der Waals surface area contributed by atoms with Gasteiger partial charge in [0.15, 0.2) is 0 Å². The van der Waals surface area contributed by atoms with Crippen molar-refractivity contribution in [2.75, 3.05) is 6.54 Å². The van der Waals surface area contributed by atoms with Gasteiger partial charge in [0, 0.05) is 25.0 Å². The van der Waals surface area contributed by atoms with Crippen molar-refractivity contribution in [3.8, 4) is 0 Å². The topological polar surface area (TPSA) is 49.4 Å². The quantitative estimate of drug-likeness (QED) is 0.878. The van der Waals surface area contributed by atoms with E-state index in [9.17, 15) is 9.59 Å². The van der Waals surface area contributed by atoms with Crippen LogP contribution in [0.5, 0.6) is 0 Å². The van der Waals surface area contributed by atoms with E-state index in [0.29, 0.717) is 24.0 Å². The first-order valence-corrected chi connectivity index (χ1v) is 7.48. The Bertz CT molecular complexity index is 486. The highest BCUT2D eigenvalue weighted by Gasteiger charge is 2.23. The second kappa shape index (κ2) is 8.03. The number of rotatable bonds is 6. The number of amides is 2. The van der Waals surface area contributed by atoms with Crippen molar-refractivity contribution in [1.82, 2.24) is 10.2 Å². The fourth-order valence-corrected chi connectivity index (χ4v) is 2.03. The highest BCUT2D eigenvalue weighted by atomic mass is 35.5. The molecule has 0 fully saturated rings. The number of halogens is 1. The Morgan fingerprint density at radius 3 is 2.24 bits per heavy atom. The molecule has 0 bridgehead atoms. The van der Waals surface area contributed by atoms with Crippen molar-refractivity contribution in [1.29, 1.82) is 0 Å². The zero-order valence-electron chi connectivity index (χ0n) is 13.0. The monoisotopic (exact) mass is 310 g/mol. The molecule has 0 saturated heterocycles. The third kappa shape index (κ3) is 5.76. The van der Waals surface area contributed by atoms with Gasteiger partial charge in [-0.2, -0.15) is 0 Å². The van der Waals surface area contributed by atoms with Crippen molar-refractivity contribution in [3.05, 3.63) is 34.9 Å². The summed E-state index contributed by atoms with van der Waals surface area (Å²) in [6, 6.07) is 6.77. The van der Waals surface area contributed by atoms with Crippen molar-refractivity contribution in [2.24, 2.45) is 5.92 Å². The lowest BCUT2D eigenvalue weighted by Gasteiger charge is -2.27. The molecule has 1 aromatic rings. The van der Waals surface area contributed by atoms with Gasteiger partial charge < -0.3 is 10.2 Å². The summed E-state index contributed by atoms with van der Waals surface area (Å²) < 4.78 is 0. The second-order valence-corrected chi connectivity index (χ2v) is 6.02. The van der Waals surface area contributed by atoms with Gasteiger partial charge >= 0.3 is 0 Å². The number of hydrogen-bond donors (Lipinski definition) is 1. The first-order chi connectivity index (χ1) is 9.81. The maximum absolute atomic E-state index is 12.1. The van der Waals surface area contributed by atoms with Crippen molar-refractivity contribution < 1.29 is 9.59 Å². The molecule has 1 N–H and O–H groups in total. The summed E-state index contributed by atoms with van der Waals surface area (Å²) in [5.41, 5.74) is 0.943. The van der Waals surface area contributed by atoms with Crippen LogP contribution in [0.25, 0.3) is 0 Å². The zero-order valence-corrected chi connectivity index (χ0v) is 13.8. The van der Waals surface area contributed by atoms with E-state index in [1.165, 1.54) is 6.92 Å². The summed E-state index contributed by atoms with van der Waals surface area (Å²) in [5.74, 6) is 0.119. The van der Waals surface area contributed by atoms with E-state index in [0.717, 1.165) is 5.56 Å². The van der Waals surface area contributed by atoms with Crippen LogP contribution in [-0.2, 0) is 16.1 Å². The van der Waals surface area contributed by atoms with Crippen molar-refractivity contribution in [3.63, 3.8) is 0 Å². The second-order valence-electron chi connectivity index (χ2n) is 5.59. The van der Waals surface area contributed by atoms with Crippen LogP contribution in [0.15, 0.2) is 24.3 Å². The predicted molar refractivity (Wildman–Crippen MR) is 85.0 cm³/mol. The number of carbonyl (C=O) groups is 2. The maximum atomic E-state index is 12.1. The van der Waals surface area contributed by atoms with E-state index in [1.54, 1.807) is 24.0 Å². The first kappa shape index (κ1) is 17.5. The van der Waals surface area contributed by atoms with Crippen molar-refractivity contribution >= 4 is 23.4 Å². The Morgan fingerprint density at radius 2 is 1.76 bits per heavy atom. The van der Waals surface area contributed by atoms with Crippen LogP contribution in [0.4, 0.5) is 0 Å². The zero-order chi connectivity index (χ0) is 16.0. The molecule has 0 aliphatic heterocycles. The number of nitrogens with zero attached hydrogens (tertiary/aromatic N) is 1. The van der Waals surface area contributed by atoms with Crippen LogP contribution in [0.2, 0.25) is 5.02 Å². The van der Waals surface area contributed by atoms with Gasteiger partial charge in [-0.3, -0.25) is 9.59 Å². The summed E-state index contributed by atoms with van der Waals surface area (Å²) in [6.45, 7) is 8.27. The molecule has 4 nitrogen and oxygen atoms in total. The molecular formula is C16H23ClN2O2. The minimum absolute atomic E-state index is 0.128. The molecule has 2 amide bonds.